The van der Waals surface area contributed by atoms with E-state index in [9.17, 15) is 0 Å². The van der Waals surface area contributed by atoms with Crippen molar-refractivity contribution in [1.82, 2.24) is 0 Å². The maximum absolute atomic E-state index is 6.22. The molecule has 0 aromatic heterocycles. The van der Waals surface area contributed by atoms with Gasteiger partial charge in [0, 0.05) is 27.9 Å². The van der Waals surface area contributed by atoms with Crippen molar-refractivity contribution in [3.63, 3.8) is 0 Å². The van der Waals surface area contributed by atoms with Crippen LogP contribution in [0.2, 0.25) is 0 Å². The first-order valence-corrected chi connectivity index (χ1v) is 14.4. The molecule has 196 valence electrons. The summed E-state index contributed by atoms with van der Waals surface area (Å²) in [5.74, 6) is 1.83. The predicted molar refractivity (Wildman–Crippen MR) is 166 cm³/mol. The summed E-state index contributed by atoms with van der Waals surface area (Å²) in [7, 11) is 0. The van der Waals surface area contributed by atoms with Gasteiger partial charge in [-0.3, -0.25) is 4.99 Å². The van der Waals surface area contributed by atoms with Crippen LogP contribution in [0.1, 0.15) is 57.3 Å². The van der Waals surface area contributed by atoms with E-state index in [0.717, 1.165) is 27.9 Å². The Morgan fingerprint density at radius 3 is 2.49 bits per heavy atom. The van der Waals surface area contributed by atoms with Gasteiger partial charge in [0.15, 0.2) is 0 Å². The van der Waals surface area contributed by atoms with E-state index in [1.807, 2.05) is 24.4 Å². The van der Waals surface area contributed by atoms with Gasteiger partial charge in [-0.1, -0.05) is 87.2 Å². The van der Waals surface area contributed by atoms with Gasteiger partial charge >= 0.3 is 0 Å². The molecule has 4 aromatic carbocycles. The number of allylic oxidation sites excluding steroid dienone is 2. The summed E-state index contributed by atoms with van der Waals surface area (Å²) < 4.78 is 7.22. The van der Waals surface area contributed by atoms with E-state index in [0.29, 0.717) is 18.4 Å². The molecule has 0 spiro atoms. The molecule has 0 saturated heterocycles. The van der Waals surface area contributed by atoms with Gasteiger partial charge in [-0.05, 0) is 86.2 Å². The van der Waals surface area contributed by atoms with Gasteiger partial charge in [-0.25, -0.2) is 0 Å². The van der Waals surface area contributed by atoms with E-state index in [1.54, 1.807) is 0 Å². The second-order valence-corrected chi connectivity index (χ2v) is 11.8. The second kappa shape index (κ2) is 10.9. The van der Waals surface area contributed by atoms with Gasteiger partial charge in [0.25, 0.3) is 0 Å². The van der Waals surface area contributed by atoms with Gasteiger partial charge in [-0.2, -0.15) is 0 Å². The number of hydrogen-bond acceptors (Lipinski definition) is 3. The average Bonchev–Trinajstić information content (AvgIpc) is 3.41. The summed E-state index contributed by atoms with van der Waals surface area (Å²) in [6.07, 6.45) is 7.74. The van der Waals surface area contributed by atoms with Crippen LogP contribution >= 0.6 is 15.9 Å². The fourth-order valence-electron chi connectivity index (χ4n) is 6.02. The number of halogens is 1. The van der Waals surface area contributed by atoms with Crippen molar-refractivity contribution in [3.05, 3.63) is 134 Å². The number of aryl methyl sites for hydroxylation is 3. The molecule has 1 N–H and O–H groups in total. The molecule has 0 bridgehead atoms. The molecule has 0 radical (unpaired) electrons. The molecule has 0 unspecified atom stereocenters. The van der Waals surface area contributed by atoms with E-state index in [-0.39, 0.29) is 6.04 Å². The van der Waals surface area contributed by atoms with Crippen molar-refractivity contribution in [1.29, 1.82) is 0 Å². The van der Waals surface area contributed by atoms with Crippen molar-refractivity contribution >= 4 is 33.5 Å². The van der Waals surface area contributed by atoms with E-state index in [1.165, 1.54) is 39.1 Å². The van der Waals surface area contributed by atoms with Crippen LogP contribution in [-0.4, -0.2) is 6.21 Å². The minimum absolute atomic E-state index is 0.286. The molecule has 39 heavy (non-hydrogen) atoms. The standard InChI is InChI=1S/C35H33BrN2O/c1-22-7-13-33-32(18-22)30-5-4-6-31(30)35(38-33)26-8-11-29(12-9-26)37-20-27-19-28(36)10-14-34(27)39-21-25-16-23(2)15-24(3)17-25/h4-5,7-20,30-31,35,38H,6,21H2,1-3H3/t30-,31-,35+/m1/s1. The quantitative estimate of drug-likeness (QED) is 0.183. The number of nitrogens with zero attached hydrogens (tertiary/aromatic N) is 1. The number of anilines is 1. The molecule has 4 aromatic rings. The Morgan fingerprint density at radius 2 is 1.69 bits per heavy atom. The predicted octanol–water partition coefficient (Wildman–Crippen LogP) is 9.53. The summed E-state index contributed by atoms with van der Waals surface area (Å²) in [5.41, 5.74) is 10.8. The fourth-order valence-corrected chi connectivity index (χ4v) is 6.40. The number of fused-ring (bicyclic) bond motifs is 3. The first-order valence-electron chi connectivity index (χ1n) is 13.6. The maximum Gasteiger partial charge on any atom is 0.128 e. The Labute approximate surface area is 239 Å². The zero-order valence-electron chi connectivity index (χ0n) is 22.6. The average molecular weight is 578 g/mol. The highest BCUT2D eigenvalue weighted by molar-refractivity contribution is 9.10. The number of hydrogen-bond donors (Lipinski definition) is 1. The molecule has 1 aliphatic carbocycles. The Bertz CT molecular complexity index is 1550. The zero-order valence-corrected chi connectivity index (χ0v) is 24.2. The van der Waals surface area contributed by atoms with Crippen molar-refractivity contribution < 1.29 is 4.74 Å². The number of benzene rings is 4. The third-order valence-electron chi connectivity index (χ3n) is 7.77. The highest BCUT2D eigenvalue weighted by Crippen LogP contribution is 2.50. The van der Waals surface area contributed by atoms with E-state index in [2.05, 4.69) is 115 Å². The van der Waals surface area contributed by atoms with Crippen LogP contribution in [0.15, 0.2) is 100 Å². The largest absolute Gasteiger partial charge is 0.488 e. The monoisotopic (exact) mass is 576 g/mol. The molecule has 6 rings (SSSR count). The van der Waals surface area contributed by atoms with Gasteiger partial charge in [0.05, 0.1) is 11.7 Å². The highest BCUT2D eigenvalue weighted by Gasteiger charge is 2.37. The van der Waals surface area contributed by atoms with E-state index in [4.69, 9.17) is 9.73 Å². The summed E-state index contributed by atoms with van der Waals surface area (Å²) >= 11 is 3.60. The summed E-state index contributed by atoms with van der Waals surface area (Å²) in [6.45, 7) is 6.93. The number of rotatable bonds is 6. The highest BCUT2D eigenvalue weighted by atomic mass is 79.9. The van der Waals surface area contributed by atoms with Crippen LogP contribution < -0.4 is 10.1 Å². The number of ether oxygens (including phenoxy) is 1. The third-order valence-corrected chi connectivity index (χ3v) is 8.26. The third kappa shape index (κ3) is 5.58. The lowest BCUT2D eigenvalue weighted by Gasteiger charge is -2.37. The molecule has 1 aliphatic heterocycles. The van der Waals surface area contributed by atoms with Crippen molar-refractivity contribution in [3.8, 4) is 5.75 Å². The smallest absolute Gasteiger partial charge is 0.128 e. The van der Waals surface area contributed by atoms with E-state index >= 15 is 0 Å². The Kier molecular flexibility index (Phi) is 7.14. The molecule has 0 saturated carbocycles. The SMILES string of the molecule is Cc1cc(C)cc(COc2ccc(Br)cc2C=Nc2ccc([C@@H]3Nc4ccc(C)cc4[C@@H]4C=CC[C@H]43)cc2)c1. The molecule has 3 atom stereocenters. The molecule has 3 nitrogen and oxygen atoms in total. The van der Waals surface area contributed by atoms with E-state index < -0.39 is 0 Å². The normalized spacial score (nSPS) is 19.5. The minimum Gasteiger partial charge on any atom is -0.488 e. The van der Waals surface area contributed by atoms with Crippen molar-refractivity contribution in [2.45, 2.75) is 45.8 Å². The topological polar surface area (TPSA) is 33.6 Å². The van der Waals surface area contributed by atoms with Gasteiger partial charge in [0.1, 0.15) is 12.4 Å². The molecule has 0 fully saturated rings. The number of nitrogens with one attached hydrogen (secondary N) is 1. The minimum atomic E-state index is 0.286. The Morgan fingerprint density at radius 1 is 0.897 bits per heavy atom. The molecule has 0 amide bonds. The van der Waals surface area contributed by atoms with Crippen LogP contribution in [-0.2, 0) is 6.61 Å². The lowest BCUT2D eigenvalue weighted by molar-refractivity contribution is 0.305. The van der Waals surface area contributed by atoms with Gasteiger partial charge in [-0.15, -0.1) is 0 Å². The zero-order chi connectivity index (χ0) is 26.9. The Hall–Kier alpha value is -3.63. The van der Waals surface area contributed by atoms with Crippen LogP contribution in [0.5, 0.6) is 5.75 Å². The maximum atomic E-state index is 6.22. The van der Waals surface area contributed by atoms with Crippen LogP contribution in [0.3, 0.4) is 0 Å². The summed E-state index contributed by atoms with van der Waals surface area (Å²) in [5, 5.41) is 3.84. The molecule has 2 aliphatic rings. The molecule has 4 heteroatoms. The fraction of sp³-hybridized carbons (Fsp3) is 0.229. The lowest BCUT2D eigenvalue weighted by Crippen LogP contribution is -2.29. The second-order valence-electron chi connectivity index (χ2n) is 10.9. The van der Waals surface area contributed by atoms with Gasteiger partial charge in [0.2, 0.25) is 0 Å². The van der Waals surface area contributed by atoms with Crippen molar-refractivity contribution in [2.24, 2.45) is 10.9 Å². The van der Waals surface area contributed by atoms with Crippen LogP contribution in [0.25, 0.3) is 0 Å². The van der Waals surface area contributed by atoms with Gasteiger partial charge < -0.3 is 10.1 Å². The summed E-state index contributed by atoms with van der Waals surface area (Å²) in [4.78, 5) is 4.80. The van der Waals surface area contributed by atoms with Crippen molar-refractivity contribution in [2.75, 3.05) is 5.32 Å². The summed E-state index contributed by atoms with van der Waals surface area (Å²) in [6, 6.07) is 28.3. The Balaban J connectivity index is 1.19. The van der Waals surface area contributed by atoms with Crippen LogP contribution in [0, 0.1) is 26.7 Å². The molecular weight excluding hydrogens is 544 g/mol. The van der Waals surface area contributed by atoms with Crippen LogP contribution in [0.4, 0.5) is 11.4 Å². The number of aliphatic imine (C=N–C) groups is 1. The first-order chi connectivity index (χ1) is 18.9. The lowest BCUT2D eigenvalue weighted by atomic mass is 9.76. The molecular formula is C35H33BrN2O. The first kappa shape index (κ1) is 25.6. The molecule has 1 heterocycles.